The SMILES string of the molecule is O=C(NCc1cccc2ccccc12)Nc1cc(N2CCCC2)ncn1. The molecule has 3 aromatic rings. The van der Waals surface area contributed by atoms with Crippen LogP contribution in [0.3, 0.4) is 0 Å². The van der Waals surface area contributed by atoms with Crippen molar-refractivity contribution in [2.45, 2.75) is 19.4 Å². The third kappa shape index (κ3) is 3.59. The topological polar surface area (TPSA) is 70.2 Å². The Morgan fingerprint density at radius 2 is 1.85 bits per heavy atom. The molecule has 1 fully saturated rings. The van der Waals surface area contributed by atoms with Gasteiger partial charge in [-0.1, -0.05) is 42.5 Å². The van der Waals surface area contributed by atoms with Crippen molar-refractivity contribution in [3.63, 3.8) is 0 Å². The second-order valence-electron chi connectivity index (χ2n) is 6.40. The number of aromatic nitrogens is 2. The van der Waals surface area contributed by atoms with Gasteiger partial charge in [-0.3, -0.25) is 5.32 Å². The number of anilines is 2. The van der Waals surface area contributed by atoms with E-state index in [0.29, 0.717) is 12.4 Å². The van der Waals surface area contributed by atoms with Crippen molar-refractivity contribution in [3.8, 4) is 0 Å². The maximum absolute atomic E-state index is 12.3. The number of hydrogen-bond acceptors (Lipinski definition) is 4. The Bertz CT molecular complexity index is 915. The van der Waals surface area contributed by atoms with Crippen LogP contribution in [0.1, 0.15) is 18.4 Å². The second-order valence-corrected chi connectivity index (χ2v) is 6.40. The quantitative estimate of drug-likeness (QED) is 0.757. The summed E-state index contributed by atoms with van der Waals surface area (Å²) in [6, 6.07) is 15.8. The van der Waals surface area contributed by atoms with Gasteiger partial charge in [0.1, 0.15) is 18.0 Å². The van der Waals surface area contributed by atoms with Crippen LogP contribution < -0.4 is 15.5 Å². The van der Waals surface area contributed by atoms with Gasteiger partial charge in [-0.2, -0.15) is 0 Å². The van der Waals surface area contributed by atoms with Crippen LogP contribution >= 0.6 is 0 Å². The summed E-state index contributed by atoms with van der Waals surface area (Å²) in [5.41, 5.74) is 1.08. The van der Waals surface area contributed by atoms with Gasteiger partial charge in [0, 0.05) is 25.7 Å². The van der Waals surface area contributed by atoms with Gasteiger partial charge in [0.15, 0.2) is 0 Å². The lowest BCUT2D eigenvalue weighted by Gasteiger charge is -2.16. The van der Waals surface area contributed by atoms with Crippen molar-refractivity contribution in [3.05, 3.63) is 60.4 Å². The molecule has 2 heterocycles. The molecule has 2 amide bonds. The van der Waals surface area contributed by atoms with E-state index in [9.17, 15) is 4.79 Å². The van der Waals surface area contributed by atoms with Gasteiger partial charge in [-0.15, -0.1) is 0 Å². The van der Waals surface area contributed by atoms with E-state index in [1.165, 1.54) is 24.6 Å². The number of fused-ring (bicyclic) bond motifs is 1. The lowest BCUT2D eigenvalue weighted by Crippen LogP contribution is -2.29. The van der Waals surface area contributed by atoms with Crippen molar-refractivity contribution in [2.24, 2.45) is 0 Å². The van der Waals surface area contributed by atoms with E-state index < -0.39 is 0 Å². The Hall–Kier alpha value is -3.15. The first-order chi connectivity index (χ1) is 12.8. The van der Waals surface area contributed by atoms with Gasteiger partial charge in [-0.05, 0) is 29.2 Å². The molecule has 0 bridgehead atoms. The van der Waals surface area contributed by atoms with E-state index in [-0.39, 0.29) is 6.03 Å². The van der Waals surface area contributed by atoms with Crippen LogP contribution in [0.2, 0.25) is 0 Å². The molecular formula is C20H21N5O. The van der Waals surface area contributed by atoms with Gasteiger partial charge in [-0.25, -0.2) is 14.8 Å². The number of urea groups is 1. The Morgan fingerprint density at radius 3 is 2.73 bits per heavy atom. The zero-order chi connectivity index (χ0) is 17.8. The summed E-state index contributed by atoms with van der Waals surface area (Å²) in [4.78, 5) is 22.9. The normalized spacial score (nSPS) is 13.8. The van der Waals surface area contributed by atoms with Crippen molar-refractivity contribution in [1.29, 1.82) is 0 Å². The van der Waals surface area contributed by atoms with Gasteiger partial charge >= 0.3 is 6.03 Å². The number of amides is 2. The van der Waals surface area contributed by atoms with Crippen molar-refractivity contribution in [2.75, 3.05) is 23.3 Å². The highest BCUT2D eigenvalue weighted by Crippen LogP contribution is 2.20. The predicted octanol–water partition coefficient (Wildman–Crippen LogP) is 3.55. The molecule has 0 radical (unpaired) electrons. The molecule has 1 aromatic heterocycles. The zero-order valence-corrected chi connectivity index (χ0v) is 14.5. The van der Waals surface area contributed by atoms with Gasteiger partial charge in [0.2, 0.25) is 0 Å². The average Bonchev–Trinajstić information content (AvgIpc) is 3.21. The summed E-state index contributed by atoms with van der Waals surface area (Å²) in [6.45, 7) is 2.46. The molecule has 0 spiro atoms. The van der Waals surface area contributed by atoms with E-state index in [1.54, 1.807) is 0 Å². The standard InChI is InChI=1S/C20H21N5O/c26-20(21-13-16-8-5-7-15-6-1-2-9-17(15)16)24-18-12-19(23-14-22-18)25-10-3-4-11-25/h1-2,5-9,12,14H,3-4,10-11,13H2,(H2,21,22,23,24,26). The number of nitrogens with one attached hydrogen (secondary N) is 2. The van der Waals surface area contributed by atoms with Crippen LogP contribution in [0.4, 0.5) is 16.4 Å². The summed E-state index contributed by atoms with van der Waals surface area (Å²) < 4.78 is 0. The lowest BCUT2D eigenvalue weighted by molar-refractivity contribution is 0.251. The molecule has 1 aliphatic rings. The molecule has 2 N–H and O–H groups in total. The summed E-state index contributed by atoms with van der Waals surface area (Å²) in [7, 11) is 0. The molecule has 6 heteroatoms. The highest BCUT2D eigenvalue weighted by atomic mass is 16.2. The fraction of sp³-hybridized carbons (Fsp3) is 0.250. The van der Waals surface area contributed by atoms with Gasteiger partial charge in [0.05, 0.1) is 0 Å². The molecule has 1 aliphatic heterocycles. The number of benzene rings is 2. The third-order valence-corrected chi connectivity index (χ3v) is 4.64. The Labute approximate surface area is 152 Å². The molecule has 6 nitrogen and oxygen atoms in total. The first-order valence-corrected chi connectivity index (χ1v) is 8.88. The van der Waals surface area contributed by atoms with Crippen LogP contribution in [-0.2, 0) is 6.54 Å². The van der Waals surface area contributed by atoms with Crippen molar-refractivity contribution >= 4 is 28.4 Å². The minimum atomic E-state index is -0.274. The Balaban J connectivity index is 1.40. The number of carbonyl (C=O) groups is 1. The highest BCUT2D eigenvalue weighted by Gasteiger charge is 2.14. The Kier molecular flexibility index (Phi) is 4.64. The third-order valence-electron chi connectivity index (χ3n) is 4.64. The molecule has 0 saturated carbocycles. The summed E-state index contributed by atoms with van der Waals surface area (Å²) in [5, 5.41) is 8.01. The lowest BCUT2D eigenvalue weighted by atomic mass is 10.0. The molecule has 0 aliphatic carbocycles. The maximum atomic E-state index is 12.3. The molecule has 0 unspecified atom stereocenters. The molecule has 2 aromatic carbocycles. The first kappa shape index (κ1) is 16.3. The van der Waals surface area contributed by atoms with E-state index in [0.717, 1.165) is 29.9 Å². The largest absolute Gasteiger partial charge is 0.356 e. The van der Waals surface area contributed by atoms with Crippen LogP contribution in [0.5, 0.6) is 0 Å². The van der Waals surface area contributed by atoms with Gasteiger partial charge < -0.3 is 10.2 Å². The van der Waals surface area contributed by atoms with Crippen LogP contribution in [0.25, 0.3) is 10.8 Å². The van der Waals surface area contributed by atoms with E-state index in [4.69, 9.17) is 0 Å². The highest BCUT2D eigenvalue weighted by molar-refractivity contribution is 5.89. The van der Waals surface area contributed by atoms with Crippen LogP contribution in [0.15, 0.2) is 54.9 Å². The average molecular weight is 347 g/mol. The zero-order valence-electron chi connectivity index (χ0n) is 14.5. The molecule has 26 heavy (non-hydrogen) atoms. The predicted molar refractivity (Wildman–Crippen MR) is 103 cm³/mol. The monoisotopic (exact) mass is 347 g/mol. The van der Waals surface area contributed by atoms with Crippen molar-refractivity contribution in [1.82, 2.24) is 15.3 Å². The maximum Gasteiger partial charge on any atom is 0.320 e. The van der Waals surface area contributed by atoms with Crippen LogP contribution in [0, 0.1) is 0 Å². The van der Waals surface area contributed by atoms with Crippen molar-refractivity contribution < 1.29 is 4.79 Å². The molecule has 1 saturated heterocycles. The number of carbonyl (C=O) groups excluding carboxylic acids is 1. The smallest absolute Gasteiger partial charge is 0.320 e. The molecule has 132 valence electrons. The van der Waals surface area contributed by atoms with Crippen LogP contribution in [-0.4, -0.2) is 29.1 Å². The van der Waals surface area contributed by atoms with E-state index >= 15 is 0 Å². The second kappa shape index (κ2) is 7.39. The Morgan fingerprint density at radius 1 is 1.04 bits per heavy atom. The fourth-order valence-corrected chi connectivity index (χ4v) is 3.32. The molecular weight excluding hydrogens is 326 g/mol. The summed E-state index contributed by atoms with van der Waals surface area (Å²) in [6.07, 6.45) is 3.85. The number of nitrogens with zero attached hydrogens (tertiary/aromatic N) is 3. The summed E-state index contributed by atoms with van der Waals surface area (Å²) >= 11 is 0. The minimum absolute atomic E-state index is 0.274. The fourth-order valence-electron chi connectivity index (χ4n) is 3.32. The minimum Gasteiger partial charge on any atom is -0.356 e. The first-order valence-electron chi connectivity index (χ1n) is 8.88. The summed E-state index contributed by atoms with van der Waals surface area (Å²) in [5.74, 6) is 1.37. The molecule has 0 atom stereocenters. The van der Waals surface area contributed by atoms with Gasteiger partial charge in [0.25, 0.3) is 0 Å². The molecule has 4 rings (SSSR count). The number of hydrogen-bond donors (Lipinski definition) is 2. The number of rotatable bonds is 4. The van der Waals surface area contributed by atoms with E-state index in [2.05, 4.69) is 43.7 Å². The van der Waals surface area contributed by atoms with E-state index in [1.807, 2.05) is 30.3 Å².